The maximum atomic E-state index is 11.8. The van der Waals surface area contributed by atoms with Crippen LogP contribution < -0.4 is 10.6 Å². The number of hydrogen-bond acceptors (Lipinski definition) is 3. The number of nitrogens with zero attached hydrogens (tertiary/aromatic N) is 1. The molecule has 0 aliphatic heterocycles. The van der Waals surface area contributed by atoms with E-state index >= 15 is 0 Å². The zero-order valence-corrected chi connectivity index (χ0v) is 11.2. The van der Waals surface area contributed by atoms with Gasteiger partial charge < -0.3 is 10.6 Å². The van der Waals surface area contributed by atoms with Crippen LogP contribution in [0.2, 0.25) is 0 Å². The minimum Gasteiger partial charge on any atom is -0.350 e. The molecule has 0 unspecified atom stereocenters. The van der Waals surface area contributed by atoms with Gasteiger partial charge in [0.25, 0.3) is 11.8 Å². The molecule has 0 spiro atoms. The second-order valence-electron chi connectivity index (χ2n) is 4.72. The number of carbonyl (C=O) groups is 2. The Morgan fingerprint density at radius 1 is 0.944 bits per heavy atom. The molecule has 18 heavy (non-hydrogen) atoms. The summed E-state index contributed by atoms with van der Waals surface area (Å²) in [5.41, 5.74) is 0.778. The van der Waals surface area contributed by atoms with Crippen molar-refractivity contribution in [2.75, 3.05) is 0 Å². The van der Waals surface area contributed by atoms with Crippen molar-refractivity contribution in [3.05, 3.63) is 29.6 Å². The minimum atomic E-state index is -0.225. The van der Waals surface area contributed by atoms with Gasteiger partial charge >= 0.3 is 0 Å². The standard InChI is InChI=1S/C13H19N3O2/c1-8(2)15-12(17)10-5-11(7-14-6-10)13(18)16-9(3)4/h5-9H,1-4H3,(H,15,17)(H,16,18). The summed E-state index contributed by atoms with van der Waals surface area (Å²) < 4.78 is 0. The molecular weight excluding hydrogens is 230 g/mol. The van der Waals surface area contributed by atoms with E-state index in [4.69, 9.17) is 0 Å². The second kappa shape index (κ2) is 6.14. The van der Waals surface area contributed by atoms with Gasteiger partial charge in [0.2, 0.25) is 0 Å². The van der Waals surface area contributed by atoms with Gasteiger partial charge in [-0.05, 0) is 33.8 Å². The van der Waals surface area contributed by atoms with Crippen LogP contribution in [0.15, 0.2) is 18.5 Å². The Labute approximate surface area is 107 Å². The lowest BCUT2D eigenvalue weighted by Crippen LogP contribution is -2.32. The maximum Gasteiger partial charge on any atom is 0.253 e. The van der Waals surface area contributed by atoms with Crippen molar-refractivity contribution in [1.82, 2.24) is 15.6 Å². The van der Waals surface area contributed by atoms with E-state index in [0.717, 1.165) is 0 Å². The zero-order chi connectivity index (χ0) is 13.7. The zero-order valence-electron chi connectivity index (χ0n) is 11.2. The van der Waals surface area contributed by atoms with Crippen LogP contribution in [0.25, 0.3) is 0 Å². The molecule has 0 radical (unpaired) electrons. The first-order valence-electron chi connectivity index (χ1n) is 5.97. The summed E-state index contributed by atoms with van der Waals surface area (Å²) in [5, 5.41) is 5.51. The van der Waals surface area contributed by atoms with Crippen molar-refractivity contribution in [3.8, 4) is 0 Å². The smallest absolute Gasteiger partial charge is 0.253 e. The van der Waals surface area contributed by atoms with Gasteiger partial charge in [-0.2, -0.15) is 0 Å². The van der Waals surface area contributed by atoms with Crippen molar-refractivity contribution in [3.63, 3.8) is 0 Å². The van der Waals surface area contributed by atoms with E-state index in [1.807, 2.05) is 27.7 Å². The summed E-state index contributed by atoms with van der Waals surface area (Å²) in [4.78, 5) is 27.5. The fourth-order valence-electron chi connectivity index (χ4n) is 1.38. The minimum absolute atomic E-state index is 0.0469. The monoisotopic (exact) mass is 249 g/mol. The molecule has 0 atom stereocenters. The first kappa shape index (κ1) is 14.2. The van der Waals surface area contributed by atoms with Crippen LogP contribution in [0.5, 0.6) is 0 Å². The number of amides is 2. The van der Waals surface area contributed by atoms with Crippen LogP contribution in [-0.4, -0.2) is 28.9 Å². The third-order valence-electron chi connectivity index (χ3n) is 2.10. The van der Waals surface area contributed by atoms with E-state index < -0.39 is 0 Å². The Kier molecular flexibility index (Phi) is 4.83. The number of pyridine rings is 1. The van der Waals surface area contributed by atoms with Gasteiger partial charge in [0.15, 0.2) is 0 Å². The van der Waals surface area contributed by atoms with Gasteiger partial charge in [-0.25, -0.2) is 0 Å². The lowest BCUT2D eigenvalue weighted by molar-refractivity contribution is 0.0942. The Morgan fingerprint density at radius 3 is 1.67 bits per heavy atom. The molecule has 1 aromatic heterocycles. The lowest BCUT2D eigenvalue weighted by atomic mass is 10.1. The Bertz CT molecular complexity index is 404. The van der Waals surface area contributed by atoms with Crippen molar-refractivity contribution in [1.29, 1.82) is 0 Å². The van der Waals surface area contributed by atoms with E-state index in [2.05, 4.69) is 15.6 Å². The van der Waals surface area contributed by atoms with Gasteiger partial charge in [-0.15, -0.1) is 0 Å². The fourth-order valence-corrected chi connectivity index (χ4v) is 1.38. The van der Waals surface area contributed by atoms with Gasteiger partial charge in [0, 0.05) is 24.5 Å². The summed E-state index contributed by atoms with van der Waals surface area (Å²) in [7, 11) is 0. The number of rotatable bonds is 4. The van der Waals surface area contributed by atoms with E-state index in [9.17, 15) is 9.59 Å². The molecule has 0 saturated carbocycles. The number of nitrogens with one attached hydrogen (secondary N) is 2. The Morgan fingerprint density at radius 2 is 1.33 bits per heavy atom. The number of carbonyl (C=O) groups excluding carboxylic acids is 2. The largest absolute Gasteiger partial charge is 0.350 e. The Hall–Kier alpha value is -1.91. The van der Waals surface area contributed by atoms with Crippen LogP contribution in [-0.2, 0) is 0 Å². The summed E-state index contributed by atoms with van der Waals surface area (Å²) >= 11 is 0. The molecule has 0 fully saturated rings. The molecule has 0 bridgehead atoms. The fraction of sp³-hybridized carbons (Fsp3) is 0.462. The second-order valence-corrected chi connectivity index (χ2v) is 4.72. The van der Waals surface area contributed by atoms with Crippen molar-refractivity contribution < 1.29 is 9.59 Å². The van der Waals surface area contributed by atoms with Crippen LogP contribution >= 0.6 is 0 Å². The first-order chi connectivity index (χ1) is 8.40. The highest BCUT2D eigenvalue weighted by Gasteiger charge is 2.12. The highest BCUT2D eigenvalue weighted by atomic mass is 16.2. The molecule has 0 aliphatic carbocycles. The SMILES string of the molecule is CC(C)NC(=O)c1cncc(C(=O)NC(C)C)c1. The molecule has 5 heteroatoms. The molecule has 0 aromatic carbocycles. The van der Waals surface area contributed by atoms with E-state index in [1.165, 1.54) is 12.4 Å². The lowest BCUT2D eigenvalue weighted by Gasteiger charge is -2.10. The third-order valence-corrected chi connectivity index (χ3v) is 2.10. The first-order valence-corrected chi connectivity index (χ1v) is 5.97. The molecule has 5 nitrogen and oxygen atoms in total. The molecule has 0 aliphatic rings. The van der Waals surface area contributed by atoms with E-state index in [0.29, 0.717) is 11.1 Å². The molecule has 0 saturated heterocycles. The molecule has 1 heterocycles. The topological polar surface area (TPSA) is 71.1 Å². The van der Waals surface area contributed by atoms with Crippen LogP contribution in [0.3, 0.4) is 0 Å². The van der Waals surface area contributed by atoms with Gasteiger partial charge in [-0.1, -0.05) is 0 Å². The molecule has 2 amide bonds. The van der Waals surface area contributed by atoms with Gasteiger partial charge in [0.1, 0.15) is 0 Å². The maximum absolute atomic E-state index is 11.8. The summed E-state index contributed by atoms with van der Waals surface area (Å²) in [6, 6.07) is 1.64. The Balaban J connectivity index is 2.85. The molecule has 1 aromatic rings. The average molecular weight is 249 g/mol. The molecular formula is C13H19N3O2. The predicted molar refractivity (Wildman–Crippen MR) is 69.4 cm³/mol. The van der Waals surface area contributed by atoms with E-state index in [-0.39, 0.29) is 23.9 Å². The van der Waals surface area contributed by atoms with Gasteiger partial charge in [-0.3, -0.25) is 14.6 Å². The summed E-state index contributed by atoms with van der Waals surface area (Å²) in [6.45, 7) is 7.50. The summed E-state index contributed by atoms with van der Waals surface area (Å²) in [5.74, 6) is -0.451. The van der Waals surface area contributed by atoms with Crippen molar-refractivity contribution >= 4 is 11.8 Å². The predicted octanol–water partition coefficient (Wildman–Crippen LogP) is 1.36. The molecule has 98 valence electrons. The van der Waals surface area contributed by atoms with Crippen molar-refractivity contribution in [2.45, 2.75) is 39.8 Å². The van der Waals surface area contributed by atoms with E-state index in [1.54, 1.807) is 6.07 Å². The third kappa shape index (κ3) is 4.16. The highest BCUT2D eigenvalue weighted by Crippen LogP contribution is 2.04. The summed E-state index contributed by atoms with van der Waals surface area (Å²) in [6.07, 6.45) is 2.90. The van der Waals surface area contributed by atoms with Crippen LogP contribution in [0.4, 0.5) is 0 Å². The molecule has 1 rings (SSSR count). The number of aromatic nitrogens is 1. The normalized spacial score (nSPS) is 10.6. The van der Waals surface area contributed by atoms with Crippen LogP contribution in [0, 0.1) is 0 Å². The highest BCUT2D eigenvalue weighted by molar-refractivity contribution is 5.99. The van der Waals surface area contributed by atoms with Crippen LogP contribution in [0.1, 0.15) is 48.4 Å². The average Bonchev–Trinajstić information content (AvgIpc) is 2.27. The van der Waals surface area contributed by atoms with Gasteiger partial charge in [0.05, 0.1) is 11.1 Å². The number of hydrogen-bond donors (Lipinski definition) is 2. The quantitative estimate of drug-likeness (QED) is 0.846. The van der Waals surface area contributed by atoms with Crippen molar-refractivity contribution in [2.24, 2.45) is 0 Å². The molecule has 2 N–H and O–H groups in total.